The van der Waals surface area contributed by atoms with E-state index in [2.05, 4.69) is 14.5 Å². The maximum atomic E-state index is 10.8. The summed E-state index contributed by atoms with van der Waals surface area (Å²) < 4.78 is 7.61. The van der Waals surface area contributed by atoms with Crippen LogP contribution in [-0.4, -0.2) is 44.6 Å². The molecule has 0 bridgehead atoms. The van der Waals surface area contributed by atoms with Crippen LogP contribution in [0, 0.1) is 6.92 Å². The van der Waals surface area contributed by atoms with Gasteiger partial charge in [-0.3, -0.25) is 9.36 Å². The van der Waals surface area contributed by atoms with Crippen LogP contribution in [0.25, 0.3) is 11.2 Å². The average molecular weight is 307 g/mol. The fourth-order valence-corrected chi connectivity index (χ4v) is 3.36. The molecule has 0 spiro atoms. The van der Waals surface area contributed by atoms with Crippen molar-refractivity contribution in [3.05, 3.63) is 17.8 Å². The second-order valence-corrected chi connectivity index (χ2v) is 6.06. The number of hydrogen-bond donors (Lipinski definition) is 1. The summed E-state index contributed by atoms with van der Waals surface area (Å²) in [6, 6.07) is 2.09. The molecule has 2 aromatic heterocycles. The van der Waals surface area contributed by atoms with Gasteiger partial charge in [-0.15, -0.1) is 0 Å². The number of carboxylic acids is 1. The highest BCUT2D eigenvalue weighted by Crippen LogP contribution is 2.31. The summed E-state index contributed by atoms with van der Waals surface area (Å²) >= 11 is 1.24. The summed E-state index contributed by atoms with van der Waals surface area (Å²) in [6.45, 7) is 3.40. The van der Waals surface area contributed by atoms with Crippen LogP contribution in [0.2, 0.25) is 0 Å². The Balaban J connectivity index is 2.06. The molecule has 112 valence electrons. The van der Waals surface area contributed by atoms with E-state index >= 15 is 0 Å². The number of nitrogens with zero attached hydrogens (tertiary/aromatic N) is 3. The number of hydrogen-bond acceptors (Lipinski definition) is 5. The first kappa shape index (κ1) is 14.3. The number of aliphatic carboxylic acids is 1. The van der Waals surface area contributed by atoms with Crippen LogP contribution in [0.1, 0.15) is 24.4 Å². The SMILES string of the molecule is Cc1ccnc2c1nc(SCC(=O)O)n2C1CCCOC1. The van der Waals surface area contributed by atoms with E-state index in [1.165, 1.54) is 11.8 Å². The van der Waals surface area contributed by atoms with Crippen LogP contribution in [0.4, 0.5) is 0 Å². The average Bonchev–Trinajstić information content (AvgIpc) is 2.86. The maximum absolute atomic E-state index is 10.8. The molecule has 1 atom stereocenters. The zero-order valence-electron chi connectivity index (χ0n) is 11.8. The minimum absolute atomic E-state index is 0.00402. The Bertz CT molecular complexity index is 665. The second-order valence-electron chi connectivity index (χ2n) is 5.12. The van der Waals surface area contributed by atoms with Gasteiger partial charge in [-0.05, 0) is 31.4 Å². The third-order valence-electron chi connectivity index (χ3n) is 3.57. The predicted molar refractivity (Wildman–Crippen MR) is 79.7 cm³/mol. The Morgan fingerprint density at radius 1 is 1.62 bits per heavy atom. The Labute approximate surface area is 126 Å². The lowest BCUT2D eigenvalue weighted by Gasteiger charge is -2.25. The molecule has 2 aromatic rings. The molecule has 6 nitrogen and oxygen atoms in total. The number of rotatable bonds is 4. The van der Waals surface area contributed by atoms with Gasteiger partial charge in [0.2, 0.25) is 0 Å². The normalized spacial score (nSPS) is 19.0. The van der Waals surface area contributed by atoms with E-state index in [0.717, 1.165) is 36.2 Å². The van der Waals surface area contributed by atoms with Crippen molar-refractivity contribution in [2.75, 3.05) is 19.0 Å². The molecule has 21 heavy (non-hydrogen) atoms. The Kier molecular flexibility index (Phi) is 4.12. The number of carboxylic acid groups (broad SMARTS) is 1. The number of imidazole rings is 1. The van der Waals surface area contributed by atoms with Crippen molar-refractivity contribution in [1.29, 1.82) is 0 Å². The van der Waals surface area contributed by atoms with E-state index in [-0.39, 0.29) is 11.8 Å². The summed E-state index contributed by atoms with van der Waals surface area (Å²) in [5.41, 5.74) is 2.71. The molecule has 1 aliphatic rings. The third-order valence-corrected chi connectivity index (χ3v) is 4.51. The molecule has 3 heterocycles. The molecule has 1 unspecified atom stereocenters. The summed E-state index contributed by atoms with van der Waals surface area (Å²) in [4.78, 5) is 19.9. The molecule has 0 amide bonds. The highest BCUT2D eigenvalue weighted by Gasteiger charge is 2.23. The summed E-state index contributed by atoms with van der Waals surface area (Å²) in [7, 11) is 0. The molecule has 1 N–H and O–H groups in total. The predicted octanol–water partition coefficient (Wildman–Crippen LogP) is 2.27. The van der Waals surface area contributed by atoms with Crippen LogP contribution >= 0.6 is 11.8 Å². The van der Waals surface area contributed by atoms with Crippen LogP contribution in [0.15, 0.2) is 17.4 Å². The molecule has 1 saturated heterocycles. The molecule has 0 radical (unpaired) electrons. The molecule has 1 aliphatic heterocycles. The fraction of sp³-hybridized carbons (Fsp3) is 0.500. The number of pyridine rings is 1. The van der Waals surface area contributed by atoms with E-state index in [1.54, 1.807) is 6.20 Å². The van der Waals surface area contributed by atoms with Crippen molar-refractivity contribution in [1.82, 2.24) is 14.5 Å². The smallest absolute Gasteiger partial charge is 0.313 e. The Morgan fingerprint density at radius 2 is 2.48 bits per heavy atom. The Hall–Kier alpha value is -1.60. The van der Waals surface area contributed by atoms with Crippen LogP contribution in [-0.2, 0) is 9.53 Å². The van der Waals surface area contributed by atoms with E-state index in [1.807, 2.05) is 13.0 Å². The van der Waals surface area contributed by atoms with Crippen LogP contribution < -0.4 is 0 Å². The monoisotopic (exact) mass is 307 g/mol. The van der Waals surface area contributed by atoms with Gasteiger partial charge in [0.1, 0.15) is 5.52 Å². The molecule has 1 fully saturated rings. The number of fused-ring (bicyclic) bond motifs is 1. The van der Waals surface area contributed by atoms with Gasteiger partial charge in [0.05, 0.1) is 18.4 Å². The van der Waals surface area contributed by atoms with Crippen molar-refractivity contribution >= 4 is 28.9 Å². The topological polar surface area (TPSA) is 77.2 Å². The molecule has 0 aliphatic carbocycles. The van der Waals surface area contributed by atoms with Crippen molar-refractivity contribution in [3.8, 4) is 0 Å². The zero-order valence-corrected chi connectivity index (χ0v) is 12.6. The van der Waals surface area contributed by atoms with Gasteiger partial charge in [-0.25, -0.2) is 9.97 Å². The summed E-state index contributed by atoms with van der Waals surface area (Å²) in [6.07, 6.45) is 3.77. The van der Waals surface area contributed by atoms with Crippen molar-refractivity contribution in [2.24, 2.45) is 0 Å². The first-order valence-electron chi connectivity index (χ1n) is 6.92. The number of thioether (sulfide) groups is 1. The molecule has 0 aromatic carbocycles. The van der Waals surface area contributed by atoms with Crippen LogP contribution in [0.3, 0.4) is 0 Å². The second kappa shape index (κ2) is 6.03. The zero-order chi connectivity index (χ0) is 14.8. The van der Waals surface area contributed by atoms with E-state index in [4.69, 9.17) is 9.84 Å². The van der Waals surface area contributed by atoms with E-state index < -0.39 is 5.97 Å². The molecular weight excluding hydrogens is 290 g/mol. The van der Waals surface area contributed by atoms with Gasteiger partial charge in [0.25, 0.3) is 0 Å². The third kappa shape index (κ3) is 2.89. The Morgan fingerprint density at radius 3 is 3.19 bits per heavy atom. The van der Waals surface area contributed by atoms with Crippen molar-refractivity contribution in [2.45, 2.75) is 31.0 Å². The first-order chi connectivity index (χ1) is 10.2. The molecule has 3 rings (SSSR count). The lowest BCUT2D eigenvalue weighted by molar-refractivity contribution is -0.133. The summed E-state index contributed by atoms with van der Waals surface area (Å²) in [5, 5.41) is 9.62. The van der Waals surface area contributed by atoms with Crippen molar-refractivity contribution in [3.63, 3.8) is 0 Å². The highest BCUT2D eigenvalue weighted by molar-refractivity contribution is 7.99. The quantitative estimate of drug-likeness (QED) is 0.873. The van der Waals surface area contributed by atoms with Crippen molar-refractivity contribution < 1.29 is 14.6 Å². The standard InChI is InChI=1S/C14H17N3O3S/c1-9-4-5-15-13-12(9)16-14(21-8-11(18)19)17(13)10-3-2-6-20-7-10/h4-5,10H,2-3,6-8H2,1H3,(H,18,19). The van der Waals surface area contributed by atoms with Gasteiger partial charge in [0, 0.05) is 12.8 Å². The lowest BCUT2D eigenvalue weighted by atomic mass is 10.1. The fourth-order valence-electron chi connectivity index (χ4n) is 2.58. The van der Waals surface area contributed by atoms with E-state index in [0.29, 0.717) is 11.8 Å². The summed E-state index contributed by atoms with van der Waals surface area (Å²) in [5.74, 6) is -0.848. The minimum Gasteiger partial charge on any atom is -0.481 e. The van der Waals surface area contributed by atoms with Gasteiger partial charge >= 0.3 is 5.97 Å². The van der Waals surface area contributed by atoms with Crippen LogP contribution in [0.5, 0.6) is 0 Å². The number of aryl methyl sites for hydroxylation is 1. The lowest BCUT2D eigenvalue weighted by Crippen LogP contribution is -2.22. The number of ether oxygens (including phenoxy) is 1. The molecule has 7 heteroatoms. The van der Waals surface area contributed by atoms with Gasteiger partial charge in [0.15, 0.2) is 10.8 Å². The largest absolute Gasteiger partial charge is 0.481 e. The van der Waals surface area contributed by atoms with Gasteiger partial charge in [-0.2, -0.15) is 0 Å². The van der Waals surface area contributed by atoms with Gasteiger partial charge < -0.3 is 9.84 Å². The maximum Gasteiger partial charge on any atom is 0.313 e. The molecule has 0 saturated carbocycles. The molecular formula is C14H17N3O3S. The minimum atomic E-state index is -0.844. The number of aromatic nitrogens is 3. The first-order valence-corrected chi connectivity index (χ1v) is 7.91. The number of carbonyl (C=O) groups is 1. The van der Waals surface area contributed by atoms with Gasteiger partial charge in [-0.1, -0.05) is 11.8 Å². The van der Waals surface area contributed by atoms with E-state index in [9.17, 15) is 4.79 Å². The highest BCUT2D eigenvalue weighted by atomic mass is 32.2.